The molecule has 1 N–H and O–H groups in total. The molecular weight excluding hydrogens is 410 g/mol. The predicted octanol–water partition coefficient (Wildman–Crippen LogP) is 6.00. The highest BCUT2D eigenvalue weighted by atomic mass is 16.5. The molecule has 0 spiro atoms. The number of aromatic nitrogens is 2. The third-order valence-electron chi connectivity index (χ3n) is 5.80. The minimum atomic E-state index is -0.213. The van der Waals surface area contributed by atoms with Crippen molar-refractivity contribution in [3.63, 3.8) is 0 Å². The van der Waals surface area contributed by atoms with Gasteiger partial charge in [-0.1, -0.05) is 47.5 Å². The number of rotatable bonds is 9. The average molecular weight is 442 g/mol. The molecule has 33 heavy (non-hydrogen) atoms. The van der Waals surface area contributed by atoms with Gasteiger partial charge in [-0.15, -0.1) is 0 Å². The Labute approximate surface area is 195 Å². The lowest BCUT2D eigenvalue weighted by Crippen LogP contribution is -2.28. The molecule has 1 amide bonds. The Morgan fingerprint density at radius 1 is 0.939 bits per heavy atom. The maximum absolute atomic E-state index is 12.8. The molecule has 1 atom stereocenters. The summed E-state index contributed by atoms with van der Waals surface area (Å²) in [6.45, 7) is 7.56. The first-order valence-corrected chi connectivity index (χ1v) is 11.5. The molecule has 3 aromatic carbocycles. The van der Waals surface area contributed by atoms with Crippen molar-refractivity contribution in [3.05, 3.63) is 95.3 Å². The molecule has 4 aromatic rings. The van der Waals surface area contributed by atoms with Crippen molar-refractivity contribution >= 4 is 16.9 Å². The molecular formula is C28H31N3O2. The first kappa shape index (κ1) is 22.6. The highest BCUT2D eigenvalue weighted by Crippen LogP contribution is 2.22. The van der Waals surface area contributed by atoms with Gasteiger partial charge in [0.15, 0.2) is 0 Å². The molecule has 5 heteroatoms. The van der Waals surface area contributed by atoms with E-state index in [-0.39, 0.29) is 11.9 Å². The molecule has 0 aliphatic heterocycles. The molecule has 1 heterocycles. The molecule has 4 rings (SSSR count). The first-order valence-electron chi connectivity index (χ1n) is 11.5. The van der Waals surface area contributed by atoms with Crippen molar-refractivity contribution in [2.24, 2.45) is 0 Å². The Bertz CT molecular complexity index is 1210. The van der Waals surface area contributed by atoms with E-state index in [9.17, 15) is 4.79 Å². The number of hydrogen-bond donors (Lipinski definition) is 1. The fourth-order valence-electron chi connectivity index (χ4n) is 3.91. The highest BCUT2D eigenvalue weighted by molar-refractivity contribution is 5.94. The number of carbonyl (C=O) groups is 1. The number of fused-ring (bicyclic) bond motifs is 1. The number of hydrogen-bond acceptors (Lipinski definition) is 3. The van der Waals surface area contributed by atoms with Crippen LogP contribution >= 0.6 is 0 Å². The quantitative estimate of drug-likeness (QED) is 0.324. The average Bonchev–Trinajstić information content (AvgIpc) is 3.19. The summed E-state index contributed by atoms with van der Waals surface area (Å²) in [5, 5.41) is 3.11. The van der Waals surface area contributed by atoms with Crippen LogP contribution in [-0.4, -0.2) is 22.1 Å². The summed E-state index contributed by atoms with van der Waals surface area (Å²) in [5.74, 6) is 1.69. The molecule has 0 bridgehead atoms. The molecule has 0 saturated carbocycles. The molecule has 0 fully saturated rings. The molecule has 0 radical (unpaired) electrons. The number of aryl methyl sites for hydroxylation is 3. The summed E-state index contributed by atoms with van der Waals surface area (Å²) in [5.41, 5.74) is 5.05. The van der Waals surface area contributed by atoms with Crippen LogP contribution in [0.2, 0.25) is 0 Å². The molecule has 5 nitrogen and oxygen atoms in total. The SMILES string of the molecule is Cc1ccc(OCCCCn2c(C(C)NC(=O)c3ccc(C)cc3)nc3ccccc32)cc1. The Morgan fingerprint density at radius 2 is 1.61 bits per heavy atom. The summed E-state index contributed by atoms with van der Waals surface area (Å²) in [6, 6.07) is 23.7. The van der Waals surface area contributed by atoms with Crippen molar-refractivity contribution in [1.82, 2.24) is 14.9 Å². The summed E-state index contributed by atoms with van der Waals surface area (Å²) in [4.78, 5) is 17.6. The monoisotopic (exact) mass is 441 g/mol. The van der Waals surface area contributed by atoms with Crippen LogP contribution in [0.5, 0.6) is 5.75 Å². The molecule has 0 aliphatic rings. The van der Waals surface area contributed by atoms with Crippen LogP contribution in [0.1, 0.15) is 53.1 Å². The number of nitrogens with one attached hydrogen (secondary N) is 1. The fourth-order valence-corrected chi connectivity index (χ4v) is 3.91. The molecule has 0 saturated heterocycles. The van der Waals surface area contributed by atoms with Gasteiger partial charge < -0.3 is 14.6 Å². The van der Waals surface area contributed by atoms with E-state index in [0.29, 0.717) is 12.2 Å². The van der Waals surface area contributed by atoms with E-state index in [1.807, 2.05) is 68.4 Å². The second kappa shape index (κ2) is 10.3. The van der Waals surface area contributed by atoms with Gasteiger partial charge in [0.1, 0.15) is 11.6 Å². The summed E-state index contributed by atoms with van der Waals surface area (Å²) < 4.78 is 8.10. The van der Waals surface area contributed by atoms with Crippen molar-refractivity contribution in [2.45, 2.75) is 46.2 Å². The second-order valence-electron chi connectivity index (χ2n) is 8.54. The van der Waals surface area contributed by atoms with Crippen LogP contribution in [-0.2, 0) is 6.54 Å². The van der Waals surface area contributed by atoms with Crippen LogP contribution in [0, 0.1) is 13.8 Å². The third-order valence-corrected chi connectivity index (χ3v) is 5.80. The van der Waals surface area contributed by atoms with Gasteiger partial charge in [0.05, 0.1) is 23.7 Å². The minimum Gasteiger partial charge on any atom is -0.494 e. The Hall–Kier alpha value is -3.60. The topological polar surface area (TPSA) is 56.1 Å². The van der Waals surface area contributed by atoms with Gasteiger partial charge in [-0.2, -0.15) is 0 Å². The van der Waals surface area contributed by atoms with Gasteiger partial charge in [0.2, 0.25) is 0 Å². The summed E-state index contributed by atoms with van der Waals surface area (Å²) in [7, 11) is 0. The highest BCUT2D eigenvalue weighted by Gasteiger charge is 2.19. The molecule has 1 aromatic heterocycles. The van der Waals surface area contributed by atoms with Crippen LogP contribution in [0.4, 0.5) is 0 Å². The van der Waals surface area contributed by atoms with Crippen molar-refractivity contribution in [3.8, 4) is 5.75 Å². The number of carbonyl (C=O) groups excluding carboxylic acids is 1. The number of nitrogens with zero attached hydrogens (tertiary/aromatic N) is 2. The van der Waals surface area contributed by atoms with E-state index in [4.69, 9.17) is 9.72 Å². The maximum Gasteiger partial charge on any atom is 0.251 e. The van der Waals surface area contributed by atoms with Crippen molar-refractivity contribution < 1.29 is 9.53 Å². The molecule has 0 aliphatic carbocycles. The van der Waals surface area contributed by atoms with E-state index in [0.717, 1.165) is 47.6 Å². The van der Waals surface area contributed by atoms with Gasteiger partial charge in [-0.3, -0.25) is 4.79 Å². The third kappa shape index (κ3) is 5.61. The van der Waals surface area contributed by atoms with Gasteiger partial charge in [0.25, 0.3) is 5.91 Å². The number of imidazole rings is 1. The van der Waals surface area contributed by atoms with Crippen LogP contribution in [0.3, 0.4) is 0 Å². The van der Waals surface area contributed by atoms with Crippen LogP contribution in [0.25, 0.3) is 11.0 Å². The largest absolute Gasteiger partial charge is 0.494 e. The zero-order valence-electron chi connectivity index (χ0n) is 19.5. The second-order valence-corrected chi connectivity index (χ2v) is 8.54. The number of unbranched alkanes of at least 4 members (excludes halogenated alkanes) is 1. The van der Waals surface area contributed by atoms with E-state index in [1.54, 1.807) is 0 Å². The van der Waals surface area contributed by atoms with E-state index in [2.05, 4.69) is 35.0 Å². The number of amides is 1. The molecule has 170 valence electrons. The standard InChI is InChI=1S/C28H31N3O2/c1-20-10-14-23(15-11-20)28(32)29-22(3)27-30-25-8-4-5-9-26(25)31(27)18-6-7-19-33-24-16-12-21(2)13-17-24/h4-5,8-17,22H,6-7,18-19H2,1-3H3,(H,29,32). The lowest BCUT2D eigenvalue weighted by Gasteiger charge is -2.17. The fraction of sp³-hybridized carbons (Fsp3) is 0.286. The normalized spacial score (nSPS) is 12.0. The summed E-state index contributed by atoms with van der Waals surface area (Å²) in [6.07, 6.45) is 1.89. The van der Waals surface area contributed by atoms with Gasteiger partial charge in [0, 0.05) is 12.1 Å². The van der Waals surface area contributed by atoms with E-state index in [1.165, 1.54) is 5.56 Å². The van der Waals surface area contributed by atoms with E-state index < -0.39 is 0 Å². The van der Waals surface area contributed by atoms with Gasteiger partial charge >= 0.3 is 0 Å². The predicted molar refractivity (Wildman–Crippen MR) is 133 cm³/mol. The Kier molecular flexibility index (Phi) is 7.08. The number of para-hydroxylation sites is 2. The Morgan fingerprint density at radius 3 is 2.33 bits per heavy atom. The molecule has 1 unspecified atom stereocenters. The lowest BCUT2D eigenvalue weighted by molar-refractivity contribution is 0.0937. The number of ether oxygens (including phenoxy) is 1. The minimum absolute atomic E-state index is 0.0902. The van der Waals surface area contributed by atoms with Crippen molar-refractivity contribution in [1.29, 1.82) is 0 Å². The maximum atomic E-state index is 12.8. The van der Waals surface area contributed by atoms with Gasteiger partial charge in [-0.05, 0) is 70.0 Å². The van der Waals surface area contributed by atoms with E-state index >= 15 is 0 Å². The van der Waals surface area contributed by atoms with Crippen molar-refractivity contribution in [2.75, 3.05) is 6.61 Å². The van der Waals surface area contributed by atoms with Gasteiger partial charge in [-0.25, -0.2) is 4.98 Å². The number of benzene rings is 3. The Balaban J connectivity index is 1.41. The zero-order chi connectivity index (χ0) is 23.2. The van der Waals surface area contributed by atoms with Crippen LogP contribution in [0.15, 0.2) is 72.8 Å². The first-order chi connectivity index (χ1) is 16.0. The summed E-state index contributed by atoms with van der Waals surface area (Å²) >= 11 is 0. The zero-order valence-corrected chi connectivity index (χ0v) is 19.5. The van der Waals surface area contributed by atoms with Crippen LogP contribution < -0.4 is 10.1 Å². The smallest absolute Gasteiger partial charge is 0.251 e. The lowest BCUT2D eigenvalue weighted by atomic mass is 10.1.